The second-order valence-corrected chi connectivity index (χ2v) is 8.56. The Hall–Kier alpha value is -2.67. The summed E-state index contributed by atoms with van der Waals surface area (Å²) in [6.45, 7) is 3.90. The Morgan fingerprint density at radius 3 is 2.34 bits per heavy atom. The molecule has 1 aliphatic carbocycles. The molecule has 0 spiro atoms. The zero-order chi connectivity index (χ0) is 21.0. The molecule has 29 heavy (non-hydrogen) atoms. The predicted octanol–water partition coefficient (Wildman–Crippen LogP) is 4.70. The average Bonchev–Trinajstić information content (AvgIpc) is 3.03. The molecule has 2 aromatic rings. The van der Waals surface area contributed by atoms with Crippen molar-refractivity contribution in [3.8, 4) is 0 Å². The van der Waals surface area contributed by atoms with E-state index < -0.39 is 17.8 Å². The lowest BCUT2D eigenvalue weighted by atomic mass is 9.79. The molecule has 0 bridgehead atoms. The number of amides is 2. The maximum absolute atomic E-state index is 13.0. The molecule has 1 heterocycles. The first-order valence-electron chi connectivity index (χ1n) is 9.94. The van der Waals surface area contributed by atoms with Crippen molar-refractivity contribution in [3.05, 3.63) is 46.3 Å². The van der Waals surface area contributed by atoms with E-state index in [-0.39, 0.29) is 11.8 Å². The quantitative estimate of drug-likeness (QED) is 0.638. The van der Waals surface area contributed by atoms with Gasteiger partial charge < -0.3 is 15.7 Å². The number of thiophene rings is 1. The Labute approximate surface area is 174 Å². The highest BCUT2D eigenvalue weighted by Gasteiger charge is 2.36. The highest BCUT2D eigenvalue weighted by molar-refractivity contribution is 7.16. The average molecular weight is 415 g/mol. The minimum Gasteiger partial charge on any atom is -0.481 e. The molecule has 7 heteroatoms. The molecule has 1 saturated carbocycles. The molecular weight excluding hydrogens is 388 g/mol. The third-order valence-corrected chi connectivity index (χ3v) is 6.54. The van der Waals surface area contributed by atoms with E-state index in [9.17, 15) is 19.5 Å². The molecule has 0 saturated heterocycles. The van der Waals surface area contributed by atoms with Gasteiger partial charge in [0, 0.05) is 10.6 Å². The minimum absolute atomic E-state index is 0.272. The van der Waals surface area contributed by atoms with Crippen molar-refractivity contribution in [3.63, 3.8) is 0 Å². The van der Waals surface area contributed by atoms with E-state index in [4.69, 9.17) is 0 Å². The van der Waals surface area contributed by atoms with Crippen molar-refractivity contribution in [1.29, 1.82) is 0 Å². The minimum atomic E-state index is -0.927. The SMILES string of the molecule is CCc1c(C)sc(NC(=O)[C@H]2CCCC[C@@H]2C(=O)O)c1C(=O)Nc1ccccc1. The highest BCUT2D eigenvalue weighted by atomic mass is 32.1. The number of aryl methyl sites for hydroxylation is 1. The Balaban J connectivity index is 1.86. The van der Waals surface area contributed by atoms with Gasteiger partial charge in [-0.3, -0.25) is 14.4 Å². The standard InChI is InChI=1S/C22H26N2O4S/c1-3-15-13(2)29-21(18(15)20(26)23-14-9-5-4-6-10-14)24-19(25)16-11-7-8-12-17(16)22(27)28/h4-6,9-10,16-17H,3,7-8,11-12H2,1-2H3,(H,23,26)(H,24,25)(H,27,28)/t16-,17-/m0/s1. The molecule has 0 radical (unpaired) electrons. The highest BCUT2D eigenvalue weighted by Crippen LogP contribution is 2.36. The van der Waals surface area contributed by atoms with Gasteiger partial charge in [-0.05, 0) is 43.9 Å². The fraction of sp³-hybridized carbons (Fsp3) is 0.409. The Morgan fingerprint density at radius 2 is 1.72 bits per heavy atom. The second-order valence-electron chi connectivity index (χ2n) is 7.34. The molecule has 1 fully saturated rings. The fourth-order valence-electron chi connectivity index (χ4n) is 3.99. The Bertz CT molecular complexity index is 907. The van der Waals surface area contributed by atoms with Gasteiger partial charge in [0.05, 0.1) is 17.4 Å². The molecular formula is C22H26N2O4S. The maximum atomic E-state index is 13.0. The summed E-state index contributed by atoms with van der Waals surface area (Å²) in [5.74, 6) is -2.75. The molecule has 2 amide bonds. The first-order chi connectivity index (χ1) is 13.9. The number of hydrogen-bond donors (Lipinski definition) is 3. The first kappa shape index (κ1) is 21.0. The van der Waals surface area contributed by atoms with Crippen LogP contribution in [0, 0.1) is 18.8 Å². The van der Waals surface area contributed by atoms with E-state index in [0.717, 1.165) is 23.3 Å². The molecule has 0 unspecified atom stereocenters. The molecule has 154 valence electrons. The van der Waals surface area contributed by atoms with Crippen LogP contribution >= 0.6 is 11.3 Å². The van der Waals surface area contributed by atoms with Gasteiger partial charge in [-0.2, -0.15) is 0 Å². The van der Waals surface area contributed by atoms with Crippen LogP contribution in [0.4, 0.5) is 10.7 Å². The first-order valence-corrected chi connectivity index (χ1v) is 10.8. The summed E-state index contributed by atoms with van der Waals surface area (Å²) in [7, 11) is 0. The van der Waals surface area contributed by atoms with Gasteiger partial charge in [0.15, 0.2) is 0 Å². The molecule has 1 aliphatic rings. The van der Waals surface area contributed by atoms with Crippen LogP contribution in [0.2, 0.25) is 0 Å². The fourth-order valence-corrected chi connectivity index (χ4v) is 5.14. The van der Waals surface area contributed by atoms with E-state index in [0.29, 0.717) is 35.5 Å². The maximum Gasteiger partial charge on any atom is 0.307 e. The summed E-state index contributed by atoms with van der Waals surface area (Å²) in [6.07, 6.45) is 3.39. The van der Waals surface area contributed by atoms with Gasteiger partial charge >= 0.3 is 5.97 Å². The van der Waals surface area contributed by atoms with Crippen LogP contribution in [0.1, 0.15) is 53.4 Å². The van der Waals surface area contributed by atoms with Crippen LogP contribution in [0.5, 0.6) is 0 Å². The zero-order valence-corrected chi connectivity index (χ0v) is 17.5. The molecule has 6 nitrogen and oxygen atoms in total. The lowest BCUT2D eigenvalue weighted by molar-refractivity contribution is -0.147. The summed E-state index contributed by atoms with van der Waals surface area (Å²) in [5.41, 5.74) is 2.05. The van der Waals surface area contributed by atoms with E-state index >= 15 is 0 Å². The van der Waals surface area contributed by atoms with E-state index in [2.05, 4.69) is 10.6 Å². The monoisotopic (exact) mass is 414 g/mol. The third-order valence-electron chi connectivity index (χ3n) is 5.48. The van der Waals surface area contributed by atoms with Gasteiger partial charge in [0.1, 0.15) is 5.00 Å². The van der Waals surface area contributed by atoms with Gasteiger partial charge in [0.2, 0.25) is 5.91 Å². The number of carboxylic acid groups (broad SMARTS) is 1. The van der Waals surface area contributed by atoms with E-state index in [1.165, 1.54) is 11.3 Å². The van der Waals surface area contributed by atoms with Crippen molar-refractivity contribution in [2.24, 2.45) is 11.8 Å². The van der Waals surface area contributed by atoms with Gasteiger partial charge in [0.25, 0.3) is 5.91 Å². The van der Waals surface area contributed by atoms with Crippen molar-refractivity contribution < 1.29 is 19.5 Å². The molecule has 3 N–H and O–H groups in total. The van der Waals surface area contributed by atoms with Crippen LogP contribution in [0.25, 0.3) is 0 Å². The summed E-state index contributed by atoms with van der Waals surface area (Å²) in [5, 5.41) is 15.7. The van der Waals surface area contributed by atoms with Crippen LogP contribution in [0.3, 0.4) is 0 Å². The van der Waals surface area contributed by atoms with E-state index in [1.54, 1.807) is 12.1 Å². The van der Waals surface area contributed by atoms with Crippen LogP contribution in [-0.4, -0.2) is 22.9 Å². The van der Waals surface area contributed by atoms with Crippen molar-refractivity contribution >= 4 is 39.8 Å². The van der Waals surface area contributed by atoms with Crippen LogP contribution < -0.4 is 10.6 Å². The second kappa shape index (κ2) is 9.22. The van der Waals surface area contributed by atoms with Crippen LogP contribution in [0.15, 0.2) is 30.3 Å². The van der Waals surface area contributed by atoms with Gasteiger partial charge in [-0.1, -0.05) is 38.0 Å². The number of benzene rings is 1. The lowest BCUT2D eigenvalue weighted by Crippen LogP contribution is -2.36. The van der Waals surface area contributed by atoms with Gasteiger partial charge in [-0.15, -0.1) is 11.3 Å². The summed E-state index contributed by atoms with van der Waals surface area (Å²) < 4.78 is 0. The summed E-state index contributed by atoms with van der Waals surface area (Å²) >= 11 is 1.37. The number of aliphatic carboxylic acids is 1. The number of hydrogen-bond acceptors (Lipinski definition) is 4. The number of nitrogens with one attached hydrogen (secondary N) is 2. The molecule has 3 rings (SSSR count). The summed E-state index contributed by atoms with van der Waals surface area (Å²) in [6, 6.07) is 9.16. The molecule has 2 atom stereocenters. The van der Waals surface area contributed by atoms with Crippen molar-refractivity contribution in [2.45, 2.75) is 46.0 Å². The Morgan fingerprint density at radius 1 is 1.07 bits per heavy atom. The number of anilines is 2. The smallest absolute Gasteiger partial charge is 0.307 e. The third kappa shape index (κ3) is 4.67. The number of carbonyl (C=O) groups is 3. The number of carbonyl (C=O) groups excluding carboxylic acids is 2. The van der Waals surface area contributed by atoms with Crippen molar-refractivity contribution in [2.75, 3.05) is 10.6 Å². The predicted molar refractivity (Wildman–Crippen MR) is 115 cm³/mol. The summed E-state index contributed by atoms with van der Waals surface area (Å²) in [4.78, 5) is 38.5. The Kier molecular flexibility index (Phi) is 6.69. The number of para-hydroxylation sites is 1. The number of carboxylic acids is 1. The zero-order valence-electron chi connectivity index (χ0n) is 16.7. The topological polar surface area (TPSA) is 95.5 Å². The number of rotatable bonds is 6. The van der Waals surface area contributed by atoms with Crippen LogP contribution in [-0.2, 0) is 16.0 Å². The molecule has 1 aromatic heterocycles. The van der Waals surface area contributed by atoms with Crippen molar-refractivity contribution in [1.82, 2.24) is 0 Å². The van der Waals surface area contributed by atoms with E-state index in [1.807, 2.05) is 32.0 Å². The molecule has 0 aliphatic heterocycles. The molecule has 1 aromatic carbocycles. The lowest BCUT2D eigenvalue weighted by Gasteiger charge is -2.27. The largest absolute Gasteiger partial charge is 0.481 e. The normalized spacial score (nSPS) is 18.8. The van der Waals surface area contributed by atoms with Gasteiger partial charge in [-0.25, -0.2) is 0 Å².